The number of nitrogens with one attached hydrogen (secondary N) is 2. The average Bonchev–Trinajstić information content (AvgIpc) is 3.39. The van der Waals surface area contributed by atoms with Crippen molar-refractivity contribution in [3.8, 4) is 0 Å². The van der Waals surface area contributed by atoms with Gasteiger partial charge in [-0.25, -0.2) is 4.99 Å². The van der Waals surface area contributed by atoms with E-state index in [9.17, 15) is 0 Å². The molecule has 0 bridgehead atoms. The first kappa shape index (κ1) is 23.7. The van der Waals surface area contributed by atoms with Crippen LogP contribution in [0, 0.1) is 12.8 Å². The first-order valence-corrected chi connectivity index (χ1v) is 12.1. The summed E-state index contributed by atoms with van der Waals surface area (Å²) >= 11 is 1.79. The molecule has 3 heterocycles. The third kappa shape index (κ3) is 7.59. The molecule has 0 radical (unpaired) electrons. The predicted octanol–water partition coefficient (Wildman–Crippen LogP) is 2.21. The number of aromatic nitrogens is 3. The Labute approximate surface area is 190 Å². The highest BCUT2D eigenvalue weighted by molar-refractivity contribution is 7.09. The van der Waals surface area contributed by atoms with E-state index in [-0.39, 0.29) is 0 Å². The highest BCUT2D eigenvalue weighted by Gasteiger charge is 2.22. The maximum atomic E-state index is 5.56. The maximum absolute atomic E-state index is 5.56. The van der Waals surface area contributed by atoms with Crippen molar-refractivity contribution in [2.24, 2.45) is 18.0 Å². The molecule has 2 aromatic heterocycles. The standard InChI is InChI=1S/C22H37N7OS/c1-17(2)14-19(29-9-11-30-12-10-29)15-24-22(23-8-7-20-6-5-13-31-20)25-16-21-27-26-18(3)28(21)4/h5-6,13,17,19H,7-12,14-16H2,1-4H3,(H2,23,24,25). The molecule has 9 heteroatoms. The number of hydrogen-bond donors (Lipinski definition) is 2. The van der Waals surface area contributed by atoms with E-state index in [0.717, 1.165) is 69.8 Å². The van der Waals surface area contributed by atoms with Crippen LogP contribution in [-0.2, 0) is 24.8 Å². The number of hydrogen-bond acceptors (Lipinski definition) is 6. The van der Waals surface area contributed by atoms with Gasteiger partial charge >= 0.3 is 0 Å². The Morgan fingerprint density at radius 2 is 2.06 bits per heavy atom. The molecule has 2 aromatic rings. The molecular formula is C22H37N7OS. The van der Waals surface area contributed by atoms with Gasteiger partial charge in [0.2, 0.25) is 0 Å². The monoisotopic (exact) mass is 447 g/mol. The largest absolute Gasteiger partial charge is 0.379 e. The molecule has 0 aromatic carbocycles. The minimum absolute atomic E-state index is 0.463. The molecule has 1 fully saturated rings. The zero-order chi connectivity index (χ0) is 22.1. The molecule has 0 amide bonds. The molecule has 0 saturated carbocycles. The molecule has 0 spiro atoms. The second-order valence-corrected chi connectivity index (χ2v) is 9.49. The first-order chi connectivity index (χ1) is 15.0. The number of nitrogens with zero attached hydrogens (tertiary/aromatic N) is 5. The summed E-state index contributed by atoms with van der Waals surface area (Å²) in [6.45, 7) is 12.4. The fourth-order valence-electron chi connectivity index (χ4n) is 3.73. The summed E-state index contributed by atoms with van der Waals surface area (Å²) in [5.41, 5.74) is 0. The molecule has 0 aliphatic carbocycles. The lowest BCUT2D eigenvalue weighted by Crippen LogP contribution is -2.51. The lowest BCUT2D eigenvalue weighted by atomic mass is 10.0. The van der Waals surface area contributed by atoms with Gasteiger partial charge in [0.05, 0.1) is 13.2 Å². The molecule has 8 nitrogen and oxygen atoms in total. The Kier molecular flexibility index (Phi) is 9.30. The quantitative estimate of drug-likeness (QED) is 0.429. The predicted molar refractivity (Wildman–Crippen MR) is 127 cm³/mol. The van der Waals surface area contributed by atoms with Gasteiger partial charge in [0.25, 0.3) is 0 Å². The van der Waals surface area contributed by atoms with Crippen LogP contribution in [0.2, 0.25) is 0 Å². The van der Waals surface area contributed by atoms with E-state index in [2.05, 4.69) is 57.1 Å². The summed E-state index contributed by atoms with van der Waals surface area (Å²) in [5, 5.41) is 17.6. The van der Waals surface area contributed by atoms with Crippen LogP contribution in [0.4, 0.5) is 0 Å². The van der Waals surface area contributed by atoms with Crippen LogP contribution in [-0.4, -0.2) is 71.1 Å². The Morgan fingerprint density at radius 1 is 1.26 bits per heavy atom. The number of guanidine groups is 1. The van der Waals surface area contributed by atoms with Crippen molar-refractivity contribution in [3.05, 3.63) is 34.0 Å². The van der Waals surface area contributed by atoms with Gasteiger partial charge in [-0.15, -0.1) is 21.5 Å². The number of aliphatic imine (C=N–C) groups is 1. The molecule has 1 aliphatic rings. The van der Waals surface area contributed by atoms with Gasteiger partial charge in [-0.3, -0.25) is 4.90 Å². The topological polar surface area (TPSA) is 79.6 Å². The van der Waals surface area contributed by atoms with Crippen LogP contribution >= 0.6 is 11.3 Å². The lowest BCUT2D eigenvalue weighted by molar-refractivity contribution is 0.0132. The van der Waals surface area contributed by atoms with E-state index in [0.29, 0.717) is 18.5 Å². The molecule has 1 unspecified atom stereocenters. The van der Waals surface area contributed by atoms with E-state index < -0.39 is 0 Å². The van der Waals surface area contributed by atoms with Gasteiger partial charge < -0.3 is 19.9 Å². The SMILES string of the molecule is Cc1nnc(CN=C(NCCc2cccs2)NCC(CC(C)C)N2CCOCC2)n1C. The number of thiophene rings is 1. The summed E-state index contributed by atoms with van der Waals surface area (Å²) in [4.78, 5) is 8.74. The van der Waals surface area contributed by atoms with Crippen LogP contribution in [0.1, 0.15) is 36.8 Å². The molecule has 31 heavy (non-hydrogen) atoms. The first-order valence-electron chi connectivity index (χ1n) is 11.2. The van der Waals surface area contributed by atoms with Crippen LogP contribution in [0.3, 0.4) is 0 Å². The van der Waals surface area contributed by atoms with E-state index in [4.69, 9.17) is 9.73 Å². The van der Waals surface area contributed by atoms with Crippen molar-refractivity contribution in [1.82, 2.24) is 30.3 Å². The fourth-order valence-corrected chi connectivity index (χ4v) is 4.44. The summed E-state index contributed by atoms with van der Waals surface area (Å²) in [6.07, 6.45) is 2.14. The van der Waals surface area contributed by atoms with Gasteiger partial charge in [-0.1, -0.05) is 19.9 Å². The molecule has 3 rings (SSSR count). The highest BCUT2D eigenvalue weighted by Crippen LogP contribution is 2.13. The van der Waals surface area contributed by atoms with Gasteiger partial charge in [0.1, 0.15) is 12.4 Å². The highest BCUT2D eigenvalue weighted by atomic mass is 32.1. The van der Waals surface area contributed by atoms with E-state index >= 15 is 0 Å². The average molecular weight is 448 g/mol. The van der Waals surface area contributed by atoms with E-state index in [1.807, 2.05) is 18.5 Å². The van der Waals surface area contributed by atoms with Gasteiger partial charge in [-0.2, -0.15) is 0 Å². The van der Waals surface area contributed by atoms with Crippen LogP contribution in [0.15, 0.2) is 22.5 Å². The molecule has 1 aliphatic heterocycles. The van der Waals surface area contributed by atoms with Crippen molar-refractivity contribution < 1.29 is 4.74 Å². The van der Waals surface area contributed by atoms with Crippen molar-refractivity contribution >= 4 is 17.3 Å². The lowest BCUT2D eigenvalue weighted by Gasteiger charge is -2.35. The Hall–Kier alpha value is -1.97. The van der Waals surface area contributed by atoms with Crippen molar-refractivity contribution in [1.29, 1.82) is 0 Å². The van der Waals surface area contributed by atoms with Gasteiger partial charge in [0, 0.05) is 44.1 Å². The van der Waals surface area contributed by atoms with Crippen molar-refractivity contribution in [2.45, 2.75) is 46.2 Å². The normalized spacial score (nSPS) is 16.6. The number of morpholine rings is 1. The molecule has 172 valence electrons. The van der Waals surface area contributed by atoms with E-state index in [1.165, 1.54) is 4.88 Å². The second-order valence-electron chi connectivity index (χ2n) is 8.46. The second kappa shape index (κ2) is 12.2. The van der Waals surface area contributed by atoms with Gasteiger partial charge in [0.15, 0.2) is 11.8 Å². The fraction of sp³-hybridized carbons (Fsp3) is 0.682. The summed E-state index contributed by atoms with van der Waals surface area (Å²) in [6, 6.07) is 4.74. The summed E-state index contributed by atoms with van der Waals surface area (Å²) in [5.74, 6) is 3.24. The molecule has 2 N–H and O–H groups in total. The Morgan fingerprint density at radius 3 is 2.71 bits per heavy atom. The smallest absolute Gasteiger partial charge is 0.191 e. The van der Waals surface area contributed by atoms with Crippen LogP contribution < -0.4 is 10.6 Å². The van der Waals surface area contributed by atoms with Crippen molar-refractivity contribution in [2.75, 3.05) is 39.4 Å². The van der Waals surface area contributed by atoms with Crippen LogP contribution in [0.25, 0.3) is 0 Å². The third-order valence-corrected chi connectivity index (χ3v) is 6.55. The maximum Gasteiger partial charge on any atom is 0.191 e. The molecular weight excluding hydrogens is 410 g/mol. The minimum atomic E-state index is 0.463. The molecule has 1 atom stereocenters. The molecule has 1 saturated heterocycles. The zero-order valence-corrected chi connectivity index (χ0v) is 20.1. The number of aryl methyl sites for hydroxylation is 1. The Balaban J connectivity index is 1.62. The van der Waals surface area contributed by atoms with Gasteiger partial charge in [-0.05, 0) is 37.1 Å². The minimum Gasteiger partial charge on any atom is -0.379 e. The summed E-state index contributed by atoms with van der Waals surface area (Å²) in [7, 11) is 1.98. The summed E-state index contributed by atoms with van der Waals surface area (Å²) < 4.78 is 7.55. The Bertz CT molecular complexity index is 797. The van der Waals surface area contributed by atoms with Crippen LogP contribution in [0.5, 0.6) is 0 Å². The number of ether oxygens (including phenoxy) is 1. The number of rotatable bonds is 10. The third-order valence-electron chi connectivity index (χ3n) is 5.62. The zero-order valence-electron chi connectivity index (χ0n) is 19.3. The van der Waals surface area contributed by atoms with E-state index in [1.54, 1.807) is 11.3 Å². The van der Waals surface area contributed by atoms with Crippen molar-refractivity contribution in [3.63, 3.8) is 0 Å².